The fourth-order valence-corrected chi connectivity index (χ4v) is 4.16. The monoisotopic (exact) mass is 419 g/mol. The molecule has 1 aromatic heterocycles. The number of anilines is 1. The minimum Gasteiger partial charge on any atom is -0.327 e. The van der Waals surface area contributed by atoms with Gasteiger partial charge in [0.25, 0.3) is 5.91 Å². The van der Waals surface area contributed by atoms with Gasteiger partial charge in [0.15, 0.2) is 9.84 Å². The first-order valence-electron chi connectivity index (χ1n) is 9.40. The summed E-state index contributed by atoms with van der Waals surface area (Å²) < 4.78 is 24.8. The third-order valence-electron chi connectivity index (χ3n) is 4.83. The molecule has 0 bridgehead atoms. The number of benzene rings is 3. The van der Waals surface area contributed by atoms with Crippen LogP contribution in [-0.4, -0.2) is 30.1 Å². The zero-order valence-corrected chi connectivity index (χ0v) is 17.5. The summed E-state index contributed by atoms with van der Waals surface area (Å²) >= 11 is 0. The molecular formula is C23H21N3O3S. The van der Waals surface area contributed by atoms with Gasteiger partial charge in [-0.3, -0.25) is 4.79 Å². The van der Waals surface area contributed by atoms with E-state index in [0.29, 0.717) is 16.8 Å². The number of aromatic nitrogens is 2. The van der Waals surface area contributed by atoms with Gasteiger partial charge in [0.2, 0.25) is 0 Å². The standard InChI is InChI=1S/C23H21N3O3S/c1-26-21-6-4-3-5-20(21)25-22(26)17-11-13-19(14-12-17)24-23(27)18-9-7-16(8-10-18)15-30(2,28)29/h3-14H,15H2,1-2H3,(H,24,27). The Balaban J connectivity index is 1.49. The van der Waals surface area contributed by atoms with Crippen LogP contribution in [0.5, 0.6) is 0 Å². The zero-order chi connectivity index (χ0) is 21.3. The summed E-state index contributed by atoms with van der Waals surface area (Å²) in [4.78, 5) is 17.2. The van der Waals surface area contributed by atoms with Crippen molar-refractivity contribution in [2.45, 2.75) is 5.75 Å². The highest BCUT2D eigenvalue weighted by Crippen LogP contribution is 2.25. The fourth-order valence-electron chi connectivity index (χ4n) is 3.36. The van der Waals surface area contributed by atoms with Crippen molar-refractivity contribution in [2.75, 3.05) is 11.6 Å². The summed E-state index contributed by atoms with van der Waals surface area (Å²) in [6, 6.07) is 22.1. The Kier molecular flexibility index (Phi) is 5.13. The molecule has 30 heavy (non-hydrogen) atoms. The van der Waals surface area contributed by atoms with Crippen molar-refractivity contribution in [1.29, 1.82) is 0 Å². The van der Waals surface area contributed by atoms with Crippen LogP contribution in [0.25, 0.3) is 22.4 Å². The number of carbonyl (C=O) groups excluding carboxylic acids is 1. The van der Waals surface area contributed by atoms with Crippen LogP contribution in [0.3, 0.4) is 0 Å². The second kappa shape index (κ2) is 7.76. The number of aryl methyl sites for hydroxylation is 1. The van der Waals surface area contributed by atoms with Crippen molar-refractivity contribution >= 4 is 32.5 Å². The molecule has 0 spiro atoms. The molecule has 0 radical (unpaired) electrons. The van der Waals surface area contributed by atoms with E-state index >= 15 is 0 Å². The van der Waals surface area contributed by atoms with Crippen molar-refractivity contribution in [1.82, 2.24) is 9.55 Å². The molecule has 0 unspecified atom stereocenters. The number of nitrogens with zero attached hydrogens (tertiary/aromatic N) is 2. The average Bonchev–Trinajstić information content (AvgIpc) is 3.05. The fraction of sp³-hybridized carbons (Fsp3) is 0.130. The van der Waals surface area contributed by atoms with Gasteiger partial charge < -0.3 is 9.88 Å². The van der Waals surface area contributed by atoms with Crippen LogP contribution in [0.1, 0.15) is 15.9 Å². The number of amides is 1. The minimum absolute atomic E-state index is 0.0431. The summed E-state index contributed by atoms with van der Waals surface area (Å²) in [6.45, 7) is 0. The molecule has 7 heteroatoms. The van der Waals surface area contributed by atoms with Crippen LogP contribution in [-0.2, 0) is 22.6 Å². The lowest BCUT2D eigenvalue weighted by atomic mass is 10.1. The minimum atomic E-state index is -3.11. The smallest absolute Gasteiger partial charge is 0.255 e. The Hall–Kier alpha value is -3.45. The van der Waals surface area contributed by atoms with Gasteiger partial charge in [-0.05, 0) is 54.1 Å². The number of nitrogens with one attached hydrogen (secondary N) is 1. The summed E-state index contributed by atoms with van der Waals surface area (Å²) in [7, 11) is -1.13. The lowest BCUT2D eigenvalue weighted by Crippen LogP contribution is -2.12. The largest absolute Gasteiger partial charge is 0.327 e. The Morgan fingerprint density at radius 1 is 0.967 bits per heavy atom. The summed E-state index contributed by atoms with van der Waals surface area (Å²) in [6.07, 6.45) is 1.19. The van der Waals surface area contributed by atoms with Crippen molar-refractivity contribution in [2.24, 2.45) is 7.05 Å². The molecule has 152 valence electrons. The van der Waals surface area contributed by atoms with Crippen molar-refractivity contribution in [3.63, 3.8) is 0 Å². The molecule has 0 saturated carbocycles. The molecule has 0 fully saturated rings. The summed E-state index contributed by atoms with van der Waals surface area (Å²) in [5.41, 5.74) is 4.74. The van der Waals surface area contributed by atoms with E-state index in [9.17, 15) is 13.2 Å². The molecule has 0 aliphatic heterocycles. The molecule has 6 nitrogen and oxygen atoms in total. The molecule has 4 rings (SSSR count). The number of hydrogen-bond donors (Lipinski definition) is 1. The number of sulfone groups is 1. The first-order valence-corrected chi connectivity index (χ1v) is 11.5. The van der Waals surface area contributed by atoms with E-state index in [2.05, 4.69) is 10.3 Å². The predicted molar refractivity (Wildman–Crippen MR) is 119 cm³/mol. The second-order valence-electron chi connectivity index (χ2n) is 7.28. The van der Waals surface area contributed by atoms with Gasteiger partial charge in [0.05, 0.1) is 16.8 Å². The maximum Gasteiger partial charge on any atom is 0.255 e. The van der Waals surface area contributed by atoms with E-state index in [1.807, 2.05) is 60.1 Å². The number of hydrogen-bond acceptors (Lipinski definition) is 4. The van der Waals surface area contributed by atoms with Crippen LogP contribution in [0, 0.1) is 0 Å². The molecule has 0 atom stereocenters. The first kappa shape index (κ1) is 19.8. The van der Waals surface area contributed by atoms with Gasteiger partial charge in [-0.15, -0.1) is 0 Å². The van der Waals surface area contributed by atoms with Gasteiger partial charge in [-0.25, -0.2) is 13.4 Å². The average molecular weight is 420 g/mol. The third kappa shape index (κ3) is 4.26. The normalized spacial score (nSPS) is 11.5. The Bertz CT molecular complexity index is 1320. The molecule has 0 saturated heterocycles. The second-order valence-corrected chi connectivity index (χ2v) is 9.42. The van der Waals surface area contributed by atoms with Crippen molar-refractivity contribution < 1.29 is 13.2 Å². The van der Waals surface area contributed by atoms with E-state index in [0.717, 1.165) is 22.4 Å². The molecule has 0 aliphatic carbocycles. The van der Waals surface area contributed by atoms with Crippen molar-refractivity contribution in [3.8, 4) is 11.4 Å². The molecule has 0 aliphatic rings. The van der Waals surface area contributed by atoms with Gasteiger partial charge in [-0.1, -0.05) is 24.3 Å². The van der Waals surface area contributed by atoms with E-state index < -0.39 is 9.84 Å². The van der Waals surface area contributed by atoms with Crippen LogP contribution < -0.4 is 5.32 Å². The number of rotatable bonds is 5. The first-order chi connectivity index (χ1) is 14.3. The Labute approximate surface area is 175 Å². The van der Waals surface area contributed by atoms with Gasteiger partial charge in [-0.2, -0.15) is 0 Å². The highest BCUT2D eigenvalue weighted by Gasteiger charge is 2.11. The van der Waals surface area contributed by atoms with Gasteiger partial charge in [0, 0.05) is 30.1 Å². The van der Waals surface area contributed by atoms with Crippen LogP contribution >= 0.6 is 0 Å². The molecular weight excluding hydrogens is 398 g/mol. The highest BCUT2D eigenvalue weighted by molar-refractivity contribution is 7.89. The van der Waals surface area contributed by atoms with Gasteiger partial charge >= 0.3 is 0 Å². The maximum absolute atomic E-state index is 12.5. The topological polar surface area (TPSA) is 81.1 Å². The molecule has 1 N–H and O–H groups in total. The SMILES string of the molecule is Cn1c(-c2ccc(NC(=O)c3ccc(CS(C)(=O)=O)cc3)cc2)nc2ccccc21. The number of carbonyl (C=O) groups is 1. The lowest BCUT2D eigenvalue weighted by molar-refractivity contribution is 0.102. The van der Waals surface area contributed by atoms with E-state index in [4.69, 9.17) is 0 Å². The number of para-hydroxylation sites is 2. The quantitative estimate of drug-likeness (QED) is 0.529. The summed E-state index contributed by atoms with van der Waals surface area (Å²) in [5.74, 6) is 0.561. The molecule has 4 aromatic rings. The van der Waals surface area contributed by atoms with Gasteiger partial charge in [0.1, 0.15) is 5.82 Å². The van der Waals surface area contributed by atoms with Crippen LogP contribution in [0.2, 0.25) is 0 Å². The van der Waals surface area contributed by atoms with E-state index in [1.54, 1.807) is 24.3 Å². The number of fused-ring (bicyclic) bond motifs is 1. The van der Waals surface area contributed by atoms with Crippen LogP contribution in [0.15, 0.2) is 72.8 Å². The van der Waals surface area contributed by atoms with E-state index in [1.165, 1.54) is 6.26 Å². The molecule has 1 amide bonds. The van der Waals surface area contributed by atoms with E-state index in [-0.39, 0.29) is 11.7 Å². The Morgan fingerprint density at radius 2 is 1.63 bits per heavy atom. The number of imidazole rings is 1. The summed E-state index contributed by atoms with van der Waals surface area (Å²) in [5, 5.41) is 2.86. The third-order valence-corrected chi connectivity index (χ3v) is 5.69. The molecule has 3 aromatic carbocycles. The maximum atomic E-state index is 12.5. The predicted octanol–water partition coefficient (Wildman–Crippen LogP) is 4.04. The van der Waals surface area contributed by atoms with Crippen molar-refractivity contribution in [3.05, 3.63) is 83.9 Å². The highest BCUT2D eigenvalue weighted by atomic mass is 32.2. The zero-order valence-electron chi connectivity index (χ0n) is 16.7. The lowest BCUT2D eigenvalue weighted by Gasteiger charge is -2.08. The molecule has 1 heterocycles. The van der Waals surface area contributed by atoms with Crippen LogP contribution in [0.4, 0.5) is 5.69 Å². The Morgan fingerprint density at radius 3 is 2.27 bits per heavy atom.